The van der Waals surface area contributed by atoms with E-state index in [2.05, 4.69) is 5.32 Å². The van der Waals surface area contributed by atoms with E-state index in [4.69, 9.17) is 4.74 Å². The van der Waals surface area contributed by atoms with Gasteiger partial charge in [0, 0.05) is 19.0 Å². The van der Waals surface area contributed by atoms with E-state index >= 15 is 0 Å². The van der Waals surface area contributed by atoms with Gasteiger partial charge < -0.3 is 15.0 Å². The van der Waals surface area contributed by atoms with Crippen LogP contribution in [0.25, 0.3) is 0 Å². The van der Waals surface area contributed by atoms with Crippen LogP contribution in [0.2, 0.25) is 0 Å². The van der Waals surface area contributed by atoms with Crippen LogP contribution in [0.15, 0.2) is 78.9 Å². The molecule has 1 atom stereocenters. The summed E-state index contributed by atoms with van der Waals surface area (Å²) in [5.74, 6) is -0.191. The van der Waals surface area contributed by atoms with E-state index in [1.807, 2.05) is 61.5 Å². The zero-order chi connectivity index (χ0) is 25.3. The summed E-state index contributed by atoms with van der Waals surface area (Å²) < 4.78 is 19.4. The fourth-order valence-corrected chi connectivity index (χ4v) is 4.65. The maximum absolute atomic E-state index is 13.6. The summed E-state index contributed by atoms with van der Waals surface area (Å²) in [7, 11) is 0. The Morgan fingerprint density at radius 2 is 1.61 bits per heavy atom. The molecule has 1 aliphatic rings. The third kappa shape index (κ3) is 6.94. The summed E-state index contributed by atoms with van der Waals surface area (Å²) in [6, 6.07) is 22.6. The number of ether oxygens (including phenoxy) is 1. The summed E-state index contributed by atoms with van der Waals surface area (Å²) in [6.07, 6.45) is 4.46. The van der Waals surface area contributed by atoms with Crippen LogP contribution >= 0.6 is 0 Å². The Morgan fingerprint density at radius 1 is 0.944 bits per heavy atom. The summed E-state index contributed by atoms with van der Waals surface area (Å²) in [5, 5.41) is 3.18. The number of nitrogens with one attached hydrogen (secondary N) is 1. The lowest BCUT2D eigenvalue weighted by Crippen LogP contribution is -2.53. The van der Waals surface area contributed by atoms with Crippen LogP contribution in [0, 0.1) is 12.7 Å². The van der Waals surface area contributed by atoms with Crippen molar-refractivity contribution in [3.05, 3.63) is 101 Å². The van der Waals surface area contributed by atoms with Crippen molar-refractivity contribution < 1.29 is 18.7 Å². The number of benzene rings is 3. The molecule has 1 aliphatic carbocycles. The highest BCUT2D eigenvalue weighted by Crippen LogP contribution is 2.21. The van der Waals surface area contributed by atoms with Gasteiger partial charge in [0.15, 0.2) is 6.61 Å². The Morgan fingerprint density at radius 3 is 2.31 bits per heavy atom. The zero-order valence-electron chi connectivity index (χ0n) is 20.7. The van der Waals surface area contributed by atoms with Gasteiger partial charge in [0.1, 0.15) is 17.6 Å². The number of para-hydroxylation sites is 1. The Bertz CT molecular complexity index is 1140. The summed E-state index contributed by atoms with van der Waals surface area (Å²) >= 11 is 0. The molecule has 0 radical (unpaired) electrons. The van der Waals surface area contributed by atoms with E-state index in [0.717, 1.165) is 42.4 Å². The number of aryl methyl sites for hydroxylation is 1. The van der Waals surface area contributed by atoms with Crippen LogP contribution in [0.4, 0.5) is 4.39 Å². The predicted octanol–water partition coefficient (Wildman–Crippen LogP) is 5.21. The molecule has 0 unspecified atom stereocenters. The van der Waals surface area contributed by atoms with Gasteiger partial charge in [-0.15, -0.1) is 0 Å². The predicted molar refractivity (Wildman–Crippen MR) is 138 cm³/mol. The van der Waals surface area contributed by atoms with Crippen molar-refractivity contribution in [1.29, 1.82) is 0 Å². The first-order valence-corrected chi connectivity index (χ1v) is 12.6. The second-order valence-corrected chi connectivity index (χ2v) is 9.40. The Kier molecular flexibility index (Phi) is 8.71. The van der Waals surface area contributed by atoms with Crippen LogP contribution < -0.4 is 10.1 Å². The molecule has 0 bridgehead atoms. The van der Waals surface area contributed by atoms with Gasteiger partial charge in [-0.05, 0) is 54.7 Å². The second kappa shape index (κ2) is 12.3. The fourth-order valence-electron chi connectivity index (χ4n) is 4.65. The van der Waals surface area contributed by atoms with Gasteiger partial charge in [-0.3, -0.25) is 9.59 Å². The molecule has 0 spiro atoms. The van der Waals surface area contributed by atoms with E-state index in [1.54, 1.807) is 17.0 Å². The number of amides is 2. The van der Waals surface area contributed by atoms with Crippen LogP contribution in [0.3, 0.4) is 0 Å². The number of hydrogen-bond acceptors (Lipinski definition) is 3. The molecule has 0 heterocycles. The van der Waals surface area contributed by atoms with Crippen LogP contribution in [-0.4, -0.2) is 35.4 Å². The molecule has 3 aromatic carbocycles. The second-order valence-electron chi connectivity index (χ2n) is 9.40. The van der Waals surface area contributed by atoms with Crippen molar-refractivity contribution in [2.45, 2.75) is 57.7 Å². The summed E-state index contributed by atoms with van der Waals surface area (Å²) in [6.45, 7) is 1.89. The van der Waals surface area contributed by atoms with Gasteiger partial charge in [0.2, 0.25) is 5.91 Å². The van der Waals surface area contributed by atoms with Gasteiger partial charge in [-0.25, -0.2) is 4.39 Å². The first-order valence-electron chi connectivity index (χ1n) is 12.6. The van der Waals surface area contributed by atoms with E-state index in [1.165, 1.54) is 12.1 Å². The number of carbonyl (C=O) groups excluding carboxylic acids is 2. The summed E-state index contributed by atoms with van der Waals surface area (Å²) in [4.78, 5) is 28.8. The van der Waals surface area contributed by atoms with Crippen molar-refractivity contribution >= 4 is 11.8 Å². The van der Waals surface area contributed by atoms with Crippen molar-refractivity contribution in [2.75, 3.05) is 6.61 Å². The number of hydrogen-bond donors (Lipinski definition) is 1. The van der Waals surface area contributed by atoms with Gasteiger partial charge in [-0.2, -0.15) is 0 Å². The molecule has 1 N–H and O–H groups in total. The lowest BCUT2D eigenvalue weighted by Gasteiger charge is -2.32. The molecule has 1 fully saturated rings. The zero-order valence-corrected chi connectivity index (χ0v) is 20.7. The van der Waals surface area contributed by atoms with E-state index in [0.29, 0.717) is 12.2 Å². The molecule has 2 amide bonds. The van der Waals surface area contributed by atoms with Crippen LogP contribution in [-0.2, 0) is 22.6 Å². The first-order chi connectivity index (χ1) is 17.5. The van der Waals surface area contributed by atoms with E-state index < -0.39 is 6.04 Å². The molecule has 0 saturated heterocycles. The Labute approximate surface area is 212 Å². The fraction of sp³-hybridized carbons (Fsp3) is 0.333. The van der Waals surface area contributed by atoms with Crippen molar-refractivity contribution in [3.63, 3.8) is 0 Å². The third-order valence-electron chi connectivity index (χ3n) is 6.68. The number of rotatable bonds is 10. The average Bonchev–Trinajstić information content (AvgIpc) is 3.40. The highest BCUT2D eigenvalue weighted by Gasteiger charge is 2.32. The molecule has 4 rings (SSSR count). The van der Waals surface area contributed by atoms with Gasteiger partial charge in [0.05, 0.1) is 0 Å². The minimum absolute atomic E-state index is 0.127. The standard InChI is InChI=1S/C30H33FN2O3/c1-22-9-5-8-14-28(22)36-21-29(34)33(20-24-15-17-25(31)18-16-24)27(19-23-10-3-2-4-11-23)30(35)32-26-12-6-7-13-26/h2-5,8-11,14-18,26-27H,6-7,12-13,19-21H2,1H3,(H,32,35)/t27-/m1/s1. The van der Waals surface area contributed by atoms with Gasteiger partial charge in [-0.1, -0.05) is 73.5 Å². The van der Waals surface area contributed by atoms with Crippen molar-refractivity contribution in [2.24, 2.45) is 0 Å². The van der Waals surface area contributed by atoms with Crippen molar-refractivity contribution in [3.8, 4) is 5.75 Å². The molecular weight excluding hydrogens is 455 g/mol. The largest absolute Gasteiger partial charge is 0.484 e. The average molecular weight is 489 g/mol. The quantitative estimate of drug-likeness (QED) is 0.426. The Hall–Kier alpha value is -3.67. The third-order valence-corrected chi connectivity index (χ3v) is 6.68. The smallest absolute Gasteiger partial charge is 0.261 e. The highest BCUT2D eigenvalue weighted by molar-refractivity contribution is 5.88. The lowest BCUT2D eigenvalue weighted by atomic mass is 10.0. The molecule has 5 nitrogen and oxygen atoms in total. The molecule has 3 aromatic rings. The molecule has 188 valence electrons. The molecule has 0 aliphatic heterocycles. The number of carbonyl (C=O) groups is 2. The normalized spacial score (nSPS) is 14.3. The summed E-state index contributed by atoms with van der Waals surface area (Å²) in [5.41, 5.74) is 2.63. The SMILES string of the molecule is Cc1ccccc1OCC(=O)N(Cc1ccc(F)cc1)[C@H](Cc1ccccc1)C(=O)NC1CCCC1. The topological polar surface area (TPSA) is 58.6 Å². The molecule has 36 heavy (non-hydrogen) atoms. The van der Waals surface area contributed by atoms with E-state index in [-0.39, 0.29) is 36.8 Å². The Balaban J connectivity index is 1.61. The minimum atomic E-state index is -0.731. The van der Waals surface area contributed by atoms with Crippen molar-refractivity contribution in [1.82, 2.24) is 10.2 Å². The molecule has 1 saturated carbocycles. The minimum Gasteiger partial charge on any atom is -0.484 e. The highest BCUT2D eigenvalue weighted by atomic mass is 19.1. The first kappa shape index (κ1) is 25.4. The lowest BCUT2D eigenvalue weighted by molar-refractivity contribution is -0.143. The van der Waals surface area contributed by atoms with Gasteiger partial charge in [0.25, 0.3) is 5.91 Å². The van der Waals surface area contributed by atoms with E-state index in [9.17, 15) is 14.0 Å². The van der Waals surface area contributed by atoms with Gasteiger partial charge >= 0.3 is 0 Å². The molecular formula is C30H33FN2O3. The maximum Gasteiger partial charge on any atom is 0.261 e. The maximum atomic E-state index is 13.6. The van der Waals surface area contributed by atoms with Crippen LogP contribution in [0.5, 0.6) is 5.75 Å². The van der Waals surface area contributed by atoms with Crippen LogP contribution in [0.1, 0.15) is 42.4 Å². The molecule has 6 heteroatoms. The monoisotopic (exact) mass is 488 g/mol. The number of halogens is 1. The number of nitrogens with zero attached hydrogens (tertiary/aromatic N) is 1. The molecule has 0 aromatic heterocycles.